The monoisotopic (exact) mass is 244 g/mol. The Morgan fingerprint density at radius 2 is 2.06 bits per heavy atom. The van der Waals surface area contributed by atoms with Crippen LogP contribution in [-0.2, 0) is 10.2 Å². The highest BCUT2D eigenvalue weighted by Crippen LogP contribution is 2.33. The van der Waals surface area contributed by atoms with Crippen LogP contribution in [0.3, 0.4) is 0 Å². The molecular formula is C12H14ClFO2. The molecule has 0 saturated heterocycles. The maximum absolute atomic E-state index is 13.2. The first-order chi connectivity index (χ1) is 7.24. The van der Waals surface area contributed by atoms with Crippen molar-refractivity contribution in [3.63, 3.8) is 0 Å². The summed E-state index contributed by atoms with van der Waals surface area (Å²) in [4.78, 5) is 10.7. The smallest absolute Gasteiger partial charge is 0.304 e. The molecule has 1 rings (SSSR count). The van der Waals surface area contributed by atoms with Crippen LogP contribution in [0.4, 0.5) is 4.39 Å². The lowest BCUT2D eigenvalue weighted by Gasteiger charge is -2.25. The molecule has 1 aromatic rings. The van der Waals surface area contributed by atoms with Gasteiger partial charge in [-0.1, -0.05) is 25.4 Å². The van der Waals surface area contributed by atoms with E-state index in [1.807, 2.05) is 0 Å². The zero-order valence-corrected chi connectivity index (χ0v) is 10.2. The van der Waals surface area contributed by atoms with E-state index >= 15 is 0 Å². The second-order valence-electron chi connectivity index (χ2n) is 4.51. The van der Waals surface area contributed by atoms with E-state index in [9.17, 15) is 9.18 Å². The lowest BCUT2D eigenvalue weighted by molar-refractivity contribution is -0.138. The number of halogens is 2. The Morgan fingerprint density at radius 1 is 1.50 bits per heavy atom. The predicted molar refractivity (Wildman–Crippen MR) is 61.4 cm³/mol. The number of carboxylic acid groups (broad SMARTS) is 1. The van der Waals surface area contributed by atoms with Crippen molar-refractivity contribution in [1.82, 2.24) is 0 Å². The van der Waals surface area contributed by atoms with Gasteiger partial charge in [-0.25, -0.2) is 4.39 Å². The van der Waals surface area contributed by atoms with Crippen LogP contribution in [0.2, 0.25) is 5.02 Å². The number of hydrogen-bond donors (Lipinski definition) is 1. The van der Waals surface area contributed by atoms with Crippen molar-refractivity contribution >= 4 is 17.6 Å². The van der Waals surface area contributed by atoms with Crippen molar-refractivity contribution in [1.29, 1.82) is 0 Å². The maximum atomic E-state index is 13.2. The molecule has 16 heavy (non-hydrogen) atoms. The number of aliphatic carboxylic acids is 1. The highest BCUT2D eigenvalue weighted by molar-refractivity contribution is 6.31. The molecule has 0 heterocycles. The van der Waals surface area contributed by atoms with Gasteiger partial charge in [0.25, 0.3) is 0 Å². The standard InChI is InChI=1S/C12H14ClFO2/c1-7-9(4-8(14)5-10(7)13)12(2,3)6-11(15)16/h4-5H,6H2,1-3H3,(H,15,16). The molecule has 0 saturated carbocycles. The second kappa shape index (κ2) is 4.42. The van der Waals surface area contributed by atoms with E-state index in [0.29, 0.717) is 10.6 Å². The summed E-state index contributed by atoms with van der Waals surface area (Å²) in [6.07, 6.45) is -0.0619. The third-order valence-electron chi connectivity index (χ3n) is 2.63. The Labute approximate surface area is 99.0 Å². The molecule has 88 valence electrons. The van der Waals surface area contributed by atoms with E-state index in [-0.39, 0.29) is 6.42 Å². The number of benzene rings is 1. The fourth-order valence-corrected chi connectivity index (χ4v) is 2.03. The molecule has 0 spiro atoms. The minimum absolute atomic E-state index is 0.0619. The molecule has 0 bridgehead atoms. The van der Waals surface area contributed by atoms with Crippen LogP contribution < -0.4 is 0 Å². The summed E-state index contributed by atoms with van der Waals surface area (Å²) in [7, 11) is 0. The number of carboxylic acids is 1. The van der Waals surface area contributed by atoms with E-state index < -0.39 is 17.2 Å². The van der Waals surface area contributed by atoms with Gasteiger partial charge in [0.15, 0.2) is 0 Å². The quantitative estimate of drug-likeness (QED) is 0.883. The zero-order valence-electron chi connectivity index (χ0n) is 9.47. The van der Waals surface area contributed by atoms with Gasteiger partial charge in [0, 0.05) is 10.4 Å². The fourth-order valence-electron chi connectivity index (χ4n) is 1.82. The molecule has 1 aromatic carbocycles. The normalized spacial score (nSPS) is 11.6. The summed E-state index contributed by atoms with van der Waals surface area (Å²) in [6.45, 7) is 5.29. The Hall–Kier alpha value is -1.09. The van der Waals surface area contributed by atoms with Crippen molar-refractivity contribution in [2.75, 3.05) is 0 Å². The molecule has 2 nitrogen and oxygen atoms in total. The molecule has 1 N–H and O–H groups in total. The summed E-state index contributed by atoms with van der Waals surface area (Å²) in [5.74, 6) is -1.35. The van der Waals surface area contributed by atoms with E-state index in [1.165, 1.54) is 12.1 Å². The molecule has 0 aliphatic heterocycles. The van der Waals surface area contributed by atoms with Gasteiger partial charge in [-0.15, -0.1) is 0 Å². The molecule has 0 aliphatic rings. The van der Waals surface area contributed by atoms with Crippen LogP contribution in [0.1, 0.15) is 31.4 Å². The SMILES string of the molecule is Cc1c(Cl)cc(F)cc1C(C)(C)CC(=O)O. The fraction of sp³-hybridized carbons (Fsp3) is 0.417. The molecule has 0 unspecified atom stereocenters. The minimum Gasteiger partial charge on any atom is -0.481 e. The van der Waals surface area contributed by atoms with E-state index in [4.69, 9.17) is 16.7 Å². The van der Waals surface area contributed by atoms with Crippen LogP contribution in [0.15, 0.2) is 12.1 Å². The number of hydrogen-bond acceptors (Lipinski definition) is 1. The van der Waals surface area contributed by atoms with Gasteiger partial charge in [-0.3, -0.25) is 4.79 Å². The van der Waals surface area contributed by atoms with Gasteiger partial charge in [0.1, 0.15) is 5.82 Å². The molecule has 0 amide bonds. The minimum atomic E-state index is -0.912. The Kier molecular flexibility index (Phi) is 3.58. The second-order valence-corrected chi connectivity index (χ2v) is 4.92. The average Bonchev–Trinajstić information content (AvgIpc) is 2.08. The Balaban J connectivity index is 3.26. The summed E-state index contributed by atoms with van der Waals surface area (Å²) < 4.78 is 13.2. The average molecular weight is 245 g/mol. The van der Waals surface area contributed by atoms with E-state index in [1.54, 1.807) is 20.8 Å². The van der Waals surface area contributed by atoms with Gasteiger partial charge in [0.05, 0.1) is 6.42 Å². The van der Waals surface area contributed by atoms with Gasteiger partial charge in [0.2, 0.25) is 0 Å². The number of carbonyl (C=O) groups is 1. The molecule has 0 fully saturated rings. The van der Waals surface area contributed by atoms with Crippen LogP contribution >= 0.6 is 11.6 Å². The largest absolute Gasteiger partial charge is 0.481 e. The zero-order chi connectivity index (χ0) is 12.5. The van der Waals surface area contributed by atoms with E-state index in [0.717, 1.165) is 5.56 Å². The molecule has 4 heteroatoms. The van der Waals surface area contributed by atoms with Gasteiger partial charge < -0.3 is 5.11 Å². The van der Waals surface area contributed by atoms with Crippen LogP contribution in [0.25, 0.3) is 0 Å². The Morgan fingerprint density at radius 3 is 2.56 bits per heavy atom. The molecule has 0 aromatic heterocycles. The maximum Gasteiger partial charge on any atom is 0.304 e. The van der Waals surface area contributed by atoms with Crippen LogP contribution in [0, 0.1) is 12.7 Å². The molecule has 0 radical (unpaired) electrons. The topological polar surface area (TPSA) is 37.3 Å². The van der Waals surface area contributed by atoms with Gasteiger partial charge >= 0.3 is 5.97 Å². The van der Waals surface area contributed by atoms with Crippen molar-refractivity contribution in [3.8, 4) is 0 Å². The third kappa shape index (κ3) is 2.73. The van der Waals surface area contributed by atoms with Crippen LogP contribution in [-0.4, -0.2) is 11.1 Å². The Bertz CT molecular complexity index is 427. The van der Waals surface area contributed by atoms with Gasteiger partial charge in [-0.05, 0) is 30.2 Å². The third-order valence-corrected chi connectivity index (χ3v) is 3.02. The first-order valence-corrected chi connectivity index (χ1v) is 5.30. The molecule has 0 aliphatic carbocycles. The highest BCUT2D eigenvalue weighted by Gasteiger charge is 2.27. The van der Waals surface area contributed by atoms with E-state index in [2.05, 4.69) is 0 Å². The summed E-state index contributed by atoms with van der Waals surface area (Å²) in [5, 5.41) is 9.14. The van der Waals surface area contributed by atoms with Crippen LogP contribution in [0.5, 0.6) is 0 Å². The predicted octanol–water partition coefficient (Wildman–Crippen LogP) is 3.54. The first-order valence-electron chi connectivity index (χ1n) is 4.92. The van der Waals surface area contributed by atoms with Crippen molar-refractivity contribution in [2.45, 2.75) is 32.6 Å². The molecular weight excluding hydrogens is 231 g/mol. The van der Waals surface area contributed by atoms with Crippen molar-refractivity contribution < 1.29 is 14.3 Å². The first kappa shape index (κ1) is 13.0. The number of rotatable bonds is 3. The van der Waals surface area contributed by atoms with Gasteiger partial charge in [-0.2, -0.15) is 0 Å². The lowest BCUT2D eigenvalue weighted by atomic mass is 9.79. The van der Waals surface area contributed by atoms with Crippen molar-refractivity contribution in [2.24, 2.45) is 0 Å². The van der Waals surface area contributed by atoms with Crippen molar-refractivity contribution in [3.05, 3.63) is 34.1 Å². The highest BCUT2D eigenvalue weighted by atomic mass is 35.5. The molecule has 0 atom stereocenters. The summed E-state index contributed by atoms with van der Waals surface area (Å²) in [5.41, 5.74) is 0.732. The summed E-state index contributed by atoms with van der Waals surface area (Å²) >= 11 is 5.87. The summed E-state index contributed by atoms with van der Waals surface area (Å²) in [6, 6.07) is 2.58. The lowest BCUT2D eigenvalue weighted by Crippen LogP contribution is -2.23.